The number of methoxy groups -OCH3 is 1. The van der Waals surface area contributed by atoms with Crippen molar-refractivity contribution in [1.29, 1.82) is 0 Å². The number of amides is 2. The minimum Gasteiger partial charge on any atom is -0.497 e. The molecule has 0 aliphatic carbocycles. The summed E-state index contributed by atoms with van der Waals surface area (Å²) >= 11 is 12.6. The Morgan fingerprint density at radius 3 is 2.18 bits per heavy atom. The number of carbonyl (C=O) groups is 2. The molecule has 0 unspecified atom stereocenters. The minimum atomic E-state index is -0.191. The van der Waals surface area contributed by atoms with Gasteiger partial charge in [0.2, 0.25) is 11.8 Å². The standard InChI is InChI=1S/C36H42Cl2FN3O3/c1-45-32-10-5-27(6-11-32)24-35(43)41-21-15-29(16-22-41)36(44)42(31-9-12-33(37)34(38)25-31)18-2-17-40-19-13-28(14-20-40)23-26-3-7-30(39)8-4-26/h3-12,25,28-29H,2,13-24H2,1H3. The molecule has 3 aromatic rings. The predicted molar refractivity (Wildman–Crippen MR) is 179 cm³/mol. The summed E-state index contributed by atoms with van der Waals surface area (Å²) in [7, 11) is 1.62. The first-order valence-corrected chi connectivity index (χ1v) is 16.7. The number of hydrogen-bond acceptors (Lipinski definition) is 4. The fraction of sp³-hybridized carbons (Fsp3) is 0.444. The first-order chi connectivity index (χ1) is 21.8. The molecule has 0 bridgehead atoms. The van der Waals surface area contributed by atoms with E-state index < -0.39 is 0 Å². The monoisotopic (exact) mass is 653 g/mol. The van der Waals surface area contributed by atoms with Gasteiger partial charge in [0, 0.05) is 31.2 Å². The van der Waals surface area contributed by atoms with Crippen molar-refractivity contribution in [3.8, 4) is 5.75 Å². The van der Waals surface area contributed by atoms with Crippen LogP contribution in [0.1, 0.15) is 43.2 Å². The molecule has 2 amide bonds. The Balaban J connectivity index is 1.13. The van der Waals surface area contributed by atoms with Gasteiger partial charge in [-0.25, -0.2) is 4.39 Å². The van der Waals surface area contributed by atoms with Crippen molar-refractivity contribution in [2.45, 2.75) is 44.9 Å². The first-order valence-electron chi connectivity index (χ1n) is 15.9. The Bertz CT molecular complexity index is 1420. The van der Waals surface area contributed by atoms with Gasteiger partial charge in [0.05, 0.1) is 23.6 Å². The van der Waals surface area contributed by atoms with Crippen molar-refractivity contribution in [3.05, 3.63) is 93.7 Å². The van der Waals surface area contributed by atoms with E-state index in [-0.39, 0.29) is 23.5 Å². The molecule has 0 N–H and O–H groups in total. The van der Waals surface area contributed by atoms with Crippen LogP contribution in [0, 0.1) is 17.7 Å². The molecule has 6 nitrogen and oxygen atoms in total. The van der Waals surface area contributed by atoms with Crippen molar-refractivity contribution in [1.82, 2.24) is 9.80 Å². The van der Waals surface area contributed by atoms with E-state index in [1.54, 1.807) is 19.2 Å². The van der Waals surface area contributed by atoms with Crippen molar-refractivity contribution in [2.24, 2.45) is 11.8 Å². The van der Waals surface area contributed by atoms with Gasteiger partial charge in [-0.05, 0) is 118 Å². The van der Waals surface area contributed by atoms with Crippen LogP contribution in [-0.4, -0.2) is 68.0 Å². The highest BCUT2D eigenvalue weighted by Gasteiger charge is 2.31. The molecule has 0 saturated carbocycles. The van der Waals surface area contributed by atoms with Gasteiger partial charge in [0.25, 0.3) is 0 Å². The molecule has 2 saturated heterocycles. The van der Waals surface area contributed by atoms with Crippen molar-refractivity contribution in [3.63, 3.8) is 0 Å². The smallest absolute Gasteiger partial charge is 0.230 e. The topological polar surface area (TPSA) is 53.1 Å². The van der Waals surface area contributed by atoms with Gasteiger partial charge in [-0.2, -0.15) is 0 Å². The van der Waals surface area contributed by atoms with Crippen LogP contribution in [-0.2, 0) is 22.4 Å². The largest absolute Gasteiger partial charge is 0.497 e. The number of ether oxygens (including phenoxy) is 1. The van der Waals surface area contributed by atoms with Crippen molar-refractivity contribution in [2.75, 3.05) is 51.3 Å². The molecule has 0 atom stereocenters. The summed E-state index contributed by atoms with van der Waals surface area (Å²) in [6.45, 7) is 4.67. The maximum Gasteiger partial charge on any atom is 0.230 e. The molecular formula is C36H42Cl2FN3O3. The lowest BCUT2D eigenvalue weighted by Gasteiger charge is -2.35. The van der Waals surface area contributed by atoms with Crippen LogP contribution >= 0.6 is 23.2 Å². The normalized spacial score (nSPS) is 16.5. The highest BCUT2D eigenvalue weighted by molar-refractivity contribution is 6.42. The molecule has 0 aromatic heterocycles. The summed E-state index contributed by atoms with van der Waals surface area (Å²) in [5.74, 6) is 1.17. The van der Waals surface area contributed by atoms with E-state index in [0.717, 1.165) is 62.3 Å². The zero-order valence-electron chi connectivity index (χ0n) is 25.9. The number of benzene rings is 3. The molecule has 2 aliphatic rings. The van der Waals surface area contributed by atoms with Crippen LogP contribution < -0.4 is 9.64 Å². The van der Waals surface area contributed by atoms with Gasteiger partial charge in [0.1, 0.15) is 11.6 Å². The van der Waals surface area contributed by atoms with Gasteiger partial charge < -0.3 is 19.4 Å². The number of rotatable bonds is 11. The quantitative estimate of drug-likeness (QED) is 0.218. The Morgan fingerprint density at radius 2 is 1.53 bits per heavy atom. The molecule has 2 fully saturated rings. The SMILES string of the molecule is COc1ccc(CC(=O)N2CCC(C(=O)N(CCCN3CCC(Cc4ccc(F)cc4)CC3)c3ccc(Cl)c(Cl)c3)CC2)cc1. The van der Waals surface area contributed by atoms with E-state index in [2.05, 4.69) is 4.90 Å². The summed E-state index contributed by atoms with van der Waals surface area (Å²) < 4.78 is 18.5. The second kappa shape index (κ2) is 15.9. The number of hydrogen-bond donors (Lipinski definition) is 0. The number of piperidine rings is 2. The average molecular weight is 655 g/mol. The molecule has 2 aliphatic heterocycles. The van der Waals surface area contributed by atoms with Gasteiger partial charge in [-0.3, -0.25) is 9.59 Å². The van der Waals surface area contributed by atoms with Gasteiger partial charge in [0.15, 0.2) is 0 Å². The highest BCUT2D eigenvalue weighted by atomic mass is 35.5. The summed E-state index contributed by atoms with van der Waals surface area (Å²) in [5, 5.41) is 0.883. The number of carbonyl (C=O) groups excluding carboxylic acids is 2. The molecular weight excluding hydrogens is 612 g/mol. The fourth-order valence-electron chi connectivity index (χ4n) is 6.47. The third kappa shape index (κ3) is 9.21. The predicted octanol–water partition coefficient (Wildman–Crippen LogP) is 7.30. The van der Waals surface area contributed by atoms with E-state index >= 15 is 0 Å². The lowest BCUT2D eigenvalue weighted by atomic mass is 9.90. The maximum atomic E-state index is 13.9. The molecule has 2 heterocycles. The van der Waals surface area contributed by atoms with Crippen LogP contribution in [0.3, 0.4) is 0 Å². The second-order valence-electron chi connectivity index (χ2n) is 12.2. The second-order valence-corrected chi connectivity index (χ2v) is 13.1. The van der Waals surface area contributed by atoms with E-state index in [4.69, 9.17) is 27.9 Å². The zero-order chi connectivity index (χ0) is 31.8. The van der Waals surface area contributed by atoms with E-state index in [1.165, 1.54) is 17.7 Å². The number of nitrogens with zero attached hydrogens (tertiary/aromatic N) is 3. The minimum absolute atomic E-state index is 0.0775. The Kier molecular flexibility index (Phi) is 11.8. The average Bonchev–Trinajstić information content (AvgIpc) is 3.06. The van der Waals surface area contributed by atoms with Gasteiger partial charge in [-0.1, -0.05) is 47.5 Å². The number of likely N-dealkylation sites (tertiary alicyclic amines) is 2. The lowest BCUT2D eigenvalue weighted by molar-refractivity contribution is -0.134. The molecule has 0 spiro atoms. The maximum absolute atomic E-state index is 13.9. The van der Waals surface area contributed by atoms with E-state index in [9.17, 15) is 14.0 Å². The van der Waals surface area contributed by atoms with E-state index in [1.807, 2.05) is 52.3 Å². The van der Waals surface area contributed by atoms with Crippen LogP contribution in [0.4, 0.5) is 10.1 Å². The summed E-state index contributed by atoms with van der Waals surface area (Å²) in [6, 6.07) is 19.8. The Hall–Kier alpha value is -3.13. The van der Waals surface area contributed by atoms with Crippen LogP contribution in [0.15, 0.2) is 66.7 Å². The fourth-order valence-corrected chi connectivity index (χ4v) is 6.76. The summed E-state index contributed by atoms with van der Waals surface area (Å²) in [6.07, 6.45) is 5.65. The zero-order valence-corrected chi connectivity index (χ0v) is 27.4. The third-order valence-corrected chi connectivity index (χ3v) is 9.93. The first kappa shape index (κ1) is 33.2. The third-order valence-electron chi connectivity index (χ3n) is 9.19. The van der Waals surface area contributed by atoms with Crippen LogP contribution in [0.2, 0.25) is 10.0 Å². The molecule has 45 heavy (non-hydrogen) atoms. The Morgan fingerprint density at radius 1 is 0.867 bits per heavy atom. The van der Waals surface area contributed by atoms with Crippen molar-refractivity contribution >= 4 is 40.7 Å². The van der Waals surface area contributed by atoms with E-state index in [0.29, 0.717) is 54.9 Å². The number of halogens is 3. The lowest BCUT2D eigenvalue weighted by Crippen LogP contribution is -2.45. The Labute approximate surface area is 276 Å². The van der Waals surface area contributed by atoms with Crippen LogP contribution in [0.5, 0.6) is 5.75 Å². The number of anilines is 1. The van der Waals surface area contributed by atoms with Crippen LogP contribution in [0.25, 0.3) is 0 Å². The van der Waals surface area contributed by atoms with Gasteiger partial charge >= 0.3 is 0 Å². The van der Waals surface area contributed by atoms with Gasteiger partial charge in [-0.15, -0.1) is 0 Å². The molecule has 9 heteroatoms. The molecule has 240 valence electrons. The summed E-state index contributed by atoms with van der Waals surface area (Å²) in [4.78, 5) is 33.1. The summed E-state index contributed by atoms with van der Waals surface area (Å²) in [5.41, 5.74) is 2.89. The molecule has 0 radical (unpaired) electrons. The molecule has 3 aromatic carbocycles. The highest BCUT2D eigenvalue weighted by Crippen LogP contribution is 2.30. The van der Waals surface area contributed by atoms with Crippen molar-refractivity contribution < 1.29 is 18.7 Å². The molecule has 5 rings (SSSR count).